The first kappa shape index (κ1) is 21.2. The third-order valence-corrected chi connectivity index (χ3v) is 4.93. The summed E-state index contributed by atoms with van der Waals surface area (Å²) in [6.07, 6.45) is -0.586. The van der Waals surface area contributed by atoms with E-state index in [9.17, 15) is 28.7 Å². The largest absolute Gasteiger partial charge is 0.550 e. The number of hydrogen-bond acceptors (Lipinski definition) is 5. The number of benzene rings is 2. The van der Waals surface area contributed by atoms with Gasteiger partial charge in [0.05, 0.1) is 12.1 Å². The van der Waals surface area contributed by atoms with E-state index < -0.39 is 42.0 Å². The van der Waals surface area contributed by atoms with Gasteiger partial charge in [0.25, 0.3) is 5.91 Å². The number of anilines is 1. The number of imide groups is 1. The summed E-state index contributed by atoms with van der Waals surface area (Å²) >= 11 is 0. The second-order valence-electron chi connectivity index (χ2n) is 6.96. The van der Waals surface area contributed by atoms with Gasteiger partial charge in [0.15, 0.2) is 0 Å². The molecule has 8 heteroatoms. The van der Waals surface area contributed by atoms with Gasteiger partial charge in [0, 0.05) is 18.9 Å². The molecule has 30 heavy (non-hydrogen) atoms. The van der Waals surface area contributed by atoms with Crippen LogP contribution in [0, 0.1) is 5.82 Å². The lowest BCUT2D eigenvalue weighted by molar-refractivity contribution is -0.305. The van der Waals surface area contributed by atoms with Gasteiger partial charge in [-0.05, 0) is 42.7 Å². The van der Waals surface area contributed by atoms with Crippen LogP contribution in [0.15, 0.2) is 54.6 Å². The number of aliphatic carboxylic acids is 1. The van der Waals surface area contributed by atoms with Crippen LogP contribution < -0.4 is 10.0 Å². The molecule has 2 aromatic rings. The van der Waals surface area contributed by atoms with Gasteiger partial charge in [0.2, 0.25) is 11.8 Å². The fourth-order valence-corrected chi connectivity index (χ4v) is 3.42. The van der Waals surface area contributed by atoms with Crippen molar-refractivity contribution in [3.63, 3.8) is 0 Å². The van der Waals surface area contributed by atoms with E-state index in [1.165, 1.54) is 17.0 Å². The van der Waals surface area contributed by atoms with Crippen LogP contribution in [0.1, 0.15) is 24.8 Å². The Morgan fingerprint density at radius 1 is 1.03 bits per heavy atom. The summed E-state index contributed by atoms with van der Waals surface area (Å²) in [5.74, 6) is -3.51. The predicted molar refractivity (Wildman–Crippen MR) is 103 cm³/mol. The Bertz CT molecular complexity index is 946. The van der Waals surface area contributed by atoms with Crippen molar-refractivity contribution in [2.75, 3.05) is 11.4 Å². The number of hydrogen-bond donors (Lipinski definition) is 0. The number of rotatable bonds is 8. The normalized spacial score (nSPS) is 16.0. The second-order valence-corrected chi connectivity index (χ2v) is 6.96. The van der Waals surface area contributed by atoms with Gasteiger partial charge < -0.3 is 14.8 Å². The molecule has 1 heterocycles. The molecule has 0 aromatic heterocycles. The van der Waals surface area contributed by atoms with E-state index in [0.717, 1.165) is 22.6 Å². The molecule has 0 N–H and O–H groups in total. The van der Waals surface area contributed by atoms with Crippen LogP contribution in [-0.2, 0) is 25.6 Å². The molecule has 1 aliphatic heterocycles. The number of carbonyl (C=O) groups is 4. The third kappa shape index (κ3) is 4.89. The van der Waals surface area contributed by atoms with Crippen LogP contribution in [0.3, 0.4) is 0 Å². The Morgan fingerprint density at radius 2 is 1.70 bits per heavy atom. The average molecular weight is 411 g/mol. The SMILES string of the molecule is O=C([O-])CCC(=O)N(CCc1ccccc1)[C@H]1CC(=O)N(c2ccc(F)cc2)C1=O. The number of nitrogens with zero attached hydrogens (tertiary/aromatic N) is 2. The van der Waals surface area contributed by atoms with Crippen molar-refractivity contribution in [1.82, 2.24) is 4.90 Å². The molecule has 156 valence electrons. The first-order chi connectivity index (χ1) is 14.4. The summed E-state index contributed by atoms with van der Waals surface area (Å²) in [4.78, 5) is 51.2. The standard InChI is InChI=1S/C22H21FN2O5/c23-16-6-8-17(9-7-16)25-20(27)14-18(22(25)30)24(19(26)10-11-21(28)29)13-12-15-4-2-1-3-5-15/h1-9,18H,10-14H2,(H,28,29)/p-1/t18-/m0/s1. The minimum absolute atomic E-state index is 0.150. The summed E-state index contributed by atoms with van der Waals surface area (Å²) in [7, 11) is 0. The van der Waals surface area contributed by atoms with Crippen molar-refractivity contribution in [3.8, 4) is 0 Å². The van der Waals surface area contributed by atoms with Gasteiger partial charge in [-0.1, -0.05) is 30.3 Å². The Kier molecular flexibility index (Phi) is 6.56. The minimum Gasteiger partial charge on any atom is -0.550 e. The highest BCUT2D eigenvalue weighted by molar-refractivity contribution is 6.23. The predicted octanol–water partition coefficient (Wildman–Crippen LogP) is 1.06. The fourth-order valence-electron chi connectivity index (χ4n) is 3.42. The number of carboxylic acids is 1. The van der Waals surface area contributed by atoms with Gasteiger partial charge >= 0.3 is 0 Å². The maximum Gasteiger partial charge on any atom is 0.257 e. The number of carboxylic acid groups (broad SMARTS) is 1. The summed E-state index contributed by atoms with van der Waals surface area (Å²) in [6, 6.07) is 13.2. The fraction of sp³-hybridized carbons (Fsp3) is 0.273. The van der Waals surface area contributed by atoms with E-state index in [-0.39, 0.29) is 25.1 Å². The van der Waals surface area contributed by atoms with E-state index in [1.54, 1.807) is 0 Å². The molecule has 1 atom stereocenters. The lowest BCUT2D eigenvalue weighted by Gasteiger charge is -2.28. The maximum atomic E-state index is 13.2. The molecule has 7 nitrogen and oxygen atoms in total. The molecule has 1 aliphatic rings. The first-order valence-corrected chi connectivity index (χ1v) is 9.52. The highest BCUT2D eigenvalue weighted by Gasteiger charge is 2.44. The average Bonchev–Trinajstić information content (AvgIpc) is 3.02. The molecular formula is C22H20FN2O5-. The zero-order chi connectivity index (χ0) is 21.7. The Morgan fingerprint density at radius 3 is 2.33 bits per heavy atom. The smallest absolute Gasteiger partial charge is 0.257 e. The van der Waals surface area contributed by atoms with Crippen molar-refractivity contribution in [2.45, 2.75) is 31.7 Å². The van der Waals surface area contributed by atoms with Gasteiger partial charge in [-0.2, -0.15) is 0 Å². The highest BCUT2D eigenvalue weighted by Crippen LogP contribution is 2.26. The van der Waals surface area contributed by atoms with Gasteiger partial charge in [-0.3, -0.25) is 14.4 Å². The molecule has 0 bridgehead atoms. The minimum atomic E-state index is -1.37. The third-order valence-electron chi connectivity index (χ3n) is 4.93. The molecule has 2 aromatic carbocycles. The zero-order valence-electron chi connectivity index (χ0n) is 16.1. The van der Waals surface area contributed by atoms with Crippen LogP contribution >= 0.6 is 0 Å². The van der Waals surface area contributed by atoms with E-state index in [1.807, 2.05) is 30.3 Å². The van der Waals surface area contributed by atoms with Crippen molar-refractivity contribution in [1.29, 1.82) is 0 Å². The van der Waals surface area contributed by atoms with Gasteiger partial charge in [-0.15, -0.1) is 0 Å². The monoisotopic (exact) mass is 411 g/mol. The molecule has 0 aliphatic carbocycles. The molecule has 0 spiro atoms. The Labute approximate surface area is 172 Å². The Hall–Kier alpha value is -3.55. The van der Waals surface area contributed by atoms with Gasteiger partial charge in [0.1, 0.15) is 11.9 Å². The molecule has 3 amide bonds. The van der Waals surface area contributed by atoms with Crippen LogP contribution in [0.5, 0.6) is 0 Å². The quantitative estimate of drug-likeness (QED) is 0.605. The summed E-state index contributed by atoms with van der Waals surface area (Å²) < 4.78 is 13.2. The van der Waals surface area contributed by atoms with Gasteiger partial charge in [-0.25, -0.2) is 9.29 Å². The van der Waals surface area contributed by atoms with E-state index >= 15 is 0 Å². The lowest BCUT2D eigenvalue weighted by Crippen LogP contribution is -2.46. The van der Waals surface area contributed by atoms with Crippen molar-refractivity contribution >= 4 is 29.4 Å². The number of halogens is 1. The molecular weight excluding hydrogens is 391 g/mol. The van der Waals surface area contributed by atoms with E-state index in [0.29, 0.717) is 6.42 Å². The number of carbonyl (C=O) groups excluding carboxylic acids is 4. The van der Waals surface area contributed by atoms with E-state index in [2.05, 4.69) is 0 Å². The van der Waals surface area contributed by atoms with Crippen LogP contribution in [-0.4, -0.2) is 41.2 Å². The van der Waals surface area contributed by atoms with Crippen molar-refractivity contribution in [2.24, 2.45) is 0 Å². The summed E-state index contributed by atoms with van der Waals surface area (Å²) in [5, 5.41) is 10.8. The summed E-state index contributed by atoms with van der Waals surface area (Å²) in [5.41, 5.74) is 1.15. The summed E-state index contributed by atoms with van der Waals surface area (Å²) in [6.45, 7) is 0.150. The van der Waals surface area contributed by atoms with Crippen LogP contribution in [0.2, 0.25) is 0 Å². The lowest BCUT2D eigenvalue weighted by atomic mass is 10.1. The van der Waals surface area contributed by atoms with Crippen LogP contribution in [0.4, 0.5) is 10.1 Å². The second kappa shape index (κ2) is 9.30. The first-order valence-electron chi connectivity index (χ1n) is 9.52. The van der Waals surface area contributed by atoms with Crippen molar-refractivity contribution in [3.05, 3.63) is 66.0 Å². The van der Waals surface area contributed by atoms with Crippen molar-refractivity contribution < 1.29 is 28.7 Å². The maximum absolute atomic E-state index is 13.2. The van der Waals surface area contributed by atoms with E-state index in [4.69, 9.17) is 0 Å². The molecule has 0 saturated carbocycles. The topological polar surface area (TPSA) is 97.8 Å². The molecule has 0 radical (unpaired) electrons. The Balaban J connectivity index is 1.81. The molecule has 1 saturated heterocycles. The zero-order valence-corrected chi connectivity index (χ0v) is 16.1. The molecule has 3 rings (SSSR count). The van der Waals surface area contributed by atoms with Crippen LogP contribution in [0.25, 0.3) is 0 Å². The molecule has 1 fully saturated rings. The number of amides is 3. The molecule has 0 unspecified atom stereocenters. The highest BCUT2D eigenvalue weighted by atomic mass is 19.1.